The first kappa shape index (κ1) is 27.1. The average Bonchev–Trinajstić information content (AvgIpc) is 3.46. The van der Waals surface area contributed by atoms with Gasteiger partial charge in [-0.05, 0) is 68.8 Å². The van der Waals surface area contributed by atoms with E-state index in [1.54, 1.807) is 6.20 Å². The summed E-state index contributed by atoms with van der Waals surface area (Å²) in [5.74, 6) is 0. The molecule has 1 aliphatic rings. The van der Waals surface area contributed by atoms with E-state index in [1.807, 2.05) is 36.5 Å². The molecule has 0 unspecified atom stereocenters. The van der Waals surface area contributed by atoms with E-state index in [2.05, 4.69) is 138 Å². The van der Waals surface area contributed by atoms with Gasteiger partial charge in [-0.25, -0.2) is 9.97 Å². The van der Waals surface area contributed by atoms with E-state index in [0.29, 0.717) is 0 Å². The molecule has 0 amide bonds. The van der Waals surface area contributed by atoms with Crippen LogP contribution < -0.4 is 0 Å². The van der Waals surface area contributed by atoms with Gasteiger partial charge in [0, 0.05) is 23.5 Å². The van der Waals surface area contributed by atoms with Gasteiger partial charge in [0.15, 0.2) is 0 Å². The zero-order chi connectivity index (χ0) is 31.2. The fourth-order valence-electron chi connectivity index (χ4n) is 7.35. The predicted molar refractivity (Wildman–Crippen MR) is 191 cm³/mol. The average molecular weight is 600 g/mol. The van der Waals surface area contributed by atoms with Gasteiger partial charge in [0.1, 0.15) is 0 Å². The standard InChI is InChI=1S/C44H29N3/c1-3-13-34(14-4-1)44(35-15-5-2-6-16-35)38-18-8-7-17-36(38)37-26-25-32(28-39(37)44)43-42(46-40-19-9-10-20-41(40)47-43)31-23-21-30(22-24-31)33-12-11-27-45-29-33/h1-29H. The summed E-state index contributed by atoms with van der Waals surface area (Å²) in [6.07, 6.45) is 3.69. The van der Waals surface area contributed by atoms with Crippen LogP contribution in [0.25, 0.3) is 55.8 Å². The van der Waals surface area contributed by atoms with Crippen LogP contribution >= 0.6 is 0 Å². The molecule has 1 aliphatic carbocycles. The van der Waals surface area contributed by atoms with Crippen LogP contribution in [-0.2, 0) is 5.41 Å². The van der Waals surface area contributed by atoms with E-state index in [9.17, 15) is 0 Å². The Hall–Kier alpha value is -6.19. The van der Waals surface area contributed by atoms with Crippen molar-refractivity contribution >= 4 is 11.0 Å². The van der Waals surface area contributed by atoms with Crippen molar-refractivity contribution < 1.29 is 0 Å². The Labute approximate surface area is 273 Å². The summed E-state index contributed by atoms with van der Waals surface area (Å²) >= 11 is 0. The Kier molecular flexibility index (Phi) is 6.36. The fraction of sp³-hybridized carbons (Fsp3) is 0.0227. The highest BCUT2D eigenvalue weighted by Crippen LogP contribution is 2.56. The lowest BCUT2D eigenvalue weighted by molar-refractivity contribution is 0.768. The number of nitrogens with zero attached hydrogens (tertiary/aromatic N) is 3. The summed E-state index contributed by atoms with van der Waals surface area (Å²) < 4.78 is 0. The molecule has 0 fully saturated rings. The first-order valence-corrected chi connectivity index (χ1v) is 15.9. The van der Waals surface area contributed by atoms with Gasteiger partial charge in [-0.1, -0.05) is 140 Å². The maximum Gasteiger partial charge on any atom is 0.0973 e. The number of fused-ring (bicyclic) bond motifs is 4. The zero-order valence-corrected chi connectivity index (χ0v) is 25.6. The van der Waals surface area contributed by atoms with Crippen molar-refractivity contribution in [2.75, 3.05) is 0 Å². The normalized spacial score (nSPS) is 12.9. The summed E-state index contributed by atoms with van der Waals surface area (Å²) in [5, 5.41) is 0. The lowest BCUT2D eigenvalue weighted by Crippen LogP contribution is -2.28. The number of hydrogen-bond acceptors (Lipinski definition) is 3. The number of hydrogen-bond donors (Lipinski definition) is 0. The molecule has 0 atom stereocenters. The maximum absolute atomic E-state index is 5.30. The number of aromatic nitrogens is 3. The molecule has 0 spiro atoms. The number of benzene rings is 6. The van der Waals surface area contributed by atoms with Gasteiger partial charge in [0.05, 0.1) is 27.8 Å². The number of rotatable bonds is 5. The highest BCUT2D eigenvalue weighted by molar-refractivity contribution is 5.91. The molecule has 0 radical (unpaired) electrons. The van der Waals surface area contributed by atoms with Crippen molar-refractivity contribution in [3.63, 3.8) is 0 Å². The SMILES string of the molecule is c1ccc(C2(c3ccccc3)c3ccccc3-c3ccc(-c4nc5ccccc5nc4-c4ccc(-c5cccnc5)cc4)cc32)cc1. The maximum atomic E-state index is 5.30. The van der Waals surface area contributed by atoms with Crippen LogP contribution in [0.2, 0.25) is 0 Å². The molecule has 9 rings (SSSR count). The van der Waals surface area contributed by atoms with Crippen molar-refractivity contribution in [3.05, 3.63) is 198 Å². The minimum atomic E-state index is -0.486. The van der Waals surface area contributed by atoms with E-state index < -0.39 is 5.41 Å². The lowest BCUT2D eigenvalue weighted by Gasteiger charge is -2.34. The fourth-order valence-corrected chi connectivity index (χ4v) is 7.35. The Balaban J connectivity index is 1.29. The van der Waals surface area contributed by atoms with Crippen LogP contribution in [0.1, 0.15) is 22.3 Å². The van der Waals surface area contributed by atoms with Gasteiger partial charge in [0.2, 0.25) is 0 Å². The van der Waals surface area contributed by atoms with E-state index in [0.717, 1.165) is 44.7 Å². The van der Waals surface area contributed by atoms with Crippen molar-refractivity contribution in [1.29, 1.82) is 0 Å². The summed E-state index contributed by atoms with van der Waals surface area (Å²) in [5.41, 5.74) is 14.8. The molecule has 0 saturated heterocycles. The molecule has 6 aromatic carbocycles. The quantitative estimate of drug-likeness (QED) is 0.198. The van der Waals surface area contributed by atoms with Crippen LogP contribution in [0.3, 0.4) is 0 Å². The molecule has 3 nitrogen and oxygen atoms in total. The Morgan fingerprint density at radius 1 is 0.383 bits per heavy atom. The van der Waals surface area contributed by atoms with Gasteiger partial charge in [-0.3, -0.25) is 4.98 Å². The Bertz CT molecular complexity index is 2340. The van der Waals surface area contributed by atoms with Crippen LogP contribution in [0.5, 0.6) is 0 Å². The van der Waals surface area contributed by atoms with Gasteiger partial charge in [0.25, 0.3) is 0 Å². The van der Waals surface area contributed by atoms with E-state index in [-0.39, 0.29) is 0 Å². The minimum absolute atomic E-state index is 0.486. The highest BCUT2D eigenvalue weighted by atomic mass is 14.8. The molecule has 3 heteroatoms. The molecule has 2 aromatic heterocycles. The van der Waals surface area contributed by atoms with Gasteiger partial charge in [-0.15, -0.1) is 0 Å². The van der Waals surface area contributed by atoms with Gasteiger partial charge >= 0.3 is 0 Å². The van der Waals surface area contributed by atoms with Gasteiger partial charge < -0.3 is 0 Å². The van der Waals surface area contributed by atoms with Crippen LogP contribution in [-0.4, -0.2) is 15.0 Å². The number of pyridine rings is 1. The molecule has 8 aromatic rings. The van der Waals surface area contributed by atoms with E-state index in [4.69, 9.17) is 9.97 Å². The first-order valence-electron chi connectivity index (χ1n) is 15.9. The van der Waals surface area contributed by atoms with Gasteiger partial charge in [-0.2, -0.15) is 0 Å². The lowest BCUT2D eigenvalue weighted by atomic mass is 9.67. The second kappa shape index (κ2) is 11.0. The molecule has 0 saturated carbocycles. The molecule has 0 bridgehead atoms. The molecule has 220 valence electrons. The largest absolute Gasteiger partial charge is 0.264 e. The summed E-state index contributed by atoms with van der Waals surface area (Å²) in [4.78, 5) is 14.8. The molecular formula is C44H29N3. The van der Waals surface area contributed by atoms with Crippen molar-refractivity contribution in [2.24, 2.45) is 0 Å². The molecule has 0 aliphatic heterocycles. The van der Waals surface area contributed by atoms with Crippen LogP contribution in [0, 0.1) is 0 Å². The highest BCUT2D eigenvalue weighted by Gasteiger charge is 2.46. The van der Waals surface area contributed by atoms with E-state index in [1.165, 1.54) is 33.4 Å². The number of para-hydroxylation sites is 2. The van der Waals surface area contributed by atoms with Crippen molar-refractivity contribution in [1.82, 2.24) is 15.0 Å². The minimum Gasteiger partial charge on any atom is -0.264 e. The topological polar surface area (TPSA) is 38.7 Å². The van der Waals surface area contributed by atoms with Crippen molar-refractivity contribution in [2.45, 2.75) is 5.41 Å². The van der Waals surface area contributed by atoms with Crippen molar-refractivity contribution in [3.8, 4) is 44.8 Å². The molecule has 2 heterocycles. The Morgan fingerprint density at radius 2 is 0.936 bits per heavy atom. The third-order valence-electron chi connectivity index (χ3n) is 9.46. The Morgan fingerprint density at radius 3 is 1.60 bits per heavy atom. The third-order valence-corrected chi connectivity index (χ3v) is 9.46. The monoisotopic (exact) mass is 599 g/mol. The van der Waals surface area contributed by atoms with Crippen LogP contribution in [0.4, 0.5) is 0 Å². The predicted octanol–water partition coefficient (Wildman–Crippen LogP) is 10.4. The molecular weight excluding hydrogens is 571 g/mol. The zero-order valence-electron chi connectivity index (χ0n) is 25.6. The smallest absolute Gasteiger partial charge is 0.0973 e. The summed E-state index contributed by atoms with van der Waals surface area (Å²) in [7, 11) is 0. The molecule has 0 N–H and O–H groups in total. The molecule has 47 heavy (non-hydrogen) atoms. The summed E-state index contributed by atoms with van der Waals surface area (Å²) in [6.45, 7) is 0. The second-order valence-corrected chi connectivity index (χ2v) is 12.0. The third kappa shape index (κ3) is 4.32. The second-order valence-electron chi connectivity index (χ2n) is 12.0. The van der Waals surface area contributed by atoms with E-state index >= 15 is 0 Å². The first-order chi connectivity index (χ1) is 23.3. The van der Waals surface area contributed by atoms with Crippen LogP contribution in [0.15, 0.2) is 176 Å². The summed E-state index contributed by atoms with van der Waals surface area (Å²) in [6, 6.07) is 58.3.